The van der Waals surface area contributed by atoms with E-state index in [-0.39, 0.29) is 0 Å². The second-order valence-electron chi connectivity index (χ2n) is 5.64. The van der Waals surface area contributed by atoms with E-state index in [9.17, 15) is 4.79 Å². The van der Waals surface area contributed by atoms with Crippen molar-refractivity contribution in [1.29, 1.82) is 0 Å². The van der Waals surface area contributed by atoms with Crippen LogP contribution in [0.2, 0.25) is 0 Å². The number of aldehydes is 1. The fourth-order valence-electron chi connectivity index (χ4n) is 2.60. The number of hydrogen-bond donors (Lipinski definition) is 0. The molecule has 1 heteroatoms. The van der Waals surface area contributed by atoms with Crippen LogP contribution >= 0.6 is 0 Å². The Kier molecular flexibility index (Phi) is 14.5. The van der Waals surface area contributed by atoms with Gasteiger partial charge >= 0.3 is 0 Å². The SMILES string of the molecule is CCCCCCCCC(CC)CCCCCC=O. The number of unbranched alkanes of at least 4 members (excludes halogenated alkanes) is 8. The minimum Gasteiger partial charge on any atom is -0.303 e. The van der Waals surface area contributed by atoms with Crippen molar-refractivity contribution < 1.29 is 4.79 Å². The summed E-state index contributed by atoms with van der Waals surface area (Å²) in [4.78, 5) is 10.2. The van der Waals surface area contributed by atoms with Gasteiger partial charge in [0.25, 0.3) is 0 Å². The summed E-state index contributed by atoms with van der Waals surface area (Å²) in [6.07, 6.45) is 18.1. The van der Waals surface area contributed by atoms with Crippen LogP contribution in [0.25, 0.3) is 0 Å². The molecule has 0 aliphatic rings. The largest absolute Gasteiger partial charge is 0.303 e. The third kappa shape index (κ3) is 12.1. The van der Waals surface area contributed by atoms with Gasteiger partial charge in [-0.05, 0) is 12.3 Å². The smallest absolute Gasteiger partial charge is 0.119 e. The van der Waals surface area contributed by atoms with Crippen molar-refractivity contribution in [2.75, 3.05) is 0 Å². The average molecular weight is 254 g/mol. The van der Waals surface area contributed by atoms with Crippen molar-refractivity contribution in [1.82, 2.24) is 0 Å². The Morgan fingerprint density at radius 3 is 1.89 bits per heavy atom. The molecule has 0 N–H and O–H groups in total. The predicted octanol–water partition coefficient (Wildman–Crippen LogP) is 5.91. The number of carbonyl (C=O) groups is 1. The van der Waals surface area contributed by atoms with Crippen LogP contribution in [0.4, 0.5) is 0 Å². The first-order chi connectivity index (χ1) is 8.85. The van der Waals surface area contributed by atoms with Gasteiger partial charge in [0.05, 0.1) is 0 Å². The lowest BCUT2D eigenvalue weighted by molar-refractivity contribution is -0.107. The van der Waals surface area contributed by atoms with E-state index in [0.29, 0.717) is 0 Å². The zero-order chi connectivity index (χ0) is 13.5. The van der Waals surface area contributed by atoms with Gasteiger partial charge in [0.1, 0.15) is 6.29 Å². The zero-order valence-electron chi connectivity index (χ0n) is 12.8. The van der Waals surface area contributed by atoms with Crippen LogP contribution < -0.4 is 0 Å². The molecule has 0 radical (unpaired) electrons. The fraction of sp³-hybridized carbons (Fsp3) is 0.941. The van der Waals surface area contributed by atoms with E-state index < -0.39 is 0 Å². The van der Waals surface area contributed by atoms with Gasteiger partial charge in [0.2, 0.25) is 0 Å². The molecular formula is C17H34O. The number of rotatable bonds is 14. The Bertz CT molecular complexity index is 165. The first kappa shape index (κ1) is 17.7. The van der Waals surface area contributed by atoms with Crippen molar-refractivity contribution >= 4 is 6.29 Å². The number of hydrogen-bond acceptors (Lipinski definition) is 1. The van der Waals surface area contributed by atoms with Crippen molar-refractivity contribution in [2.24, 2.45) is 5.92 Å². The summed E-state index contributed by atoms with van der Waals surface area (Å²) in [5.74, 6) is 0.937. The standard InChI is InChI=1S/C17H34O/c1-3-5-6-7-8-11-14-17(4-2)15-12-9-10-13-16-18/h16-17H,3-15H2,1-2H3. The molecule has 0 bridgehead atoms. The Morgan fingerprint density at radius 1 is 0.778 bits per heavy atom. The summed E-state index contributed by atoms with van der Waals surface area (Å²) in [5.41, 5.74) is 0. The molecule has 0 aromatic heterocycles. The Morgan fingerprint density at radius 2 is 1.33 bits per heavy atom. The molecule has 0 heterocycles. The second kappa shape index (κ2) is 14.7. The Balaban J connectivity index is 3.32. The van der Waals surface area contributed by atoms with Crippen molar-refractivity contribution in [3.05, 3.63) is 0 Å². The van der Waals surface area contributed by atoms with Gasteiger partial charge in [0.15, 0.2) is 0 Å². The highest BCUT2D eigenvalue weighted by atomic mass is 16.1. The molecule has 0 rings (SSSR count). The van der Waals surface area contributed by atoms with Crippen LogP contribution in [0.3, 0.4) is 0 Å². The zero-order valence-corrected chi connectivity index (χ0v) is 12.8. The van der Waals surface area contributed by atoms with Crippen LogP contribution in [0.5, 0.6) is 0 Å². The third-order valence-corrected chi connectivity index (χ3v) is 3.98. The molecule has 0 aromatic rings. The lowest BCUT2D eigenvalue weighted by atomic mass is 9.92. The van der Waals surface area contributed by atoms with Gasteiger partial charge in [-0.25, -0.2) is 0 Å². The van der Waals surface area contributed by atoms with Crippen molar-refractivity contribution in [2.45, 2.75) is 97.3 Å². The predicted molar refractivity (Wildman–Crippen MR) is 80.9 cm³/mol. The van der Waals surface area contributed by atoms with Crippen molar-refractivity contribution in [3.8, 4) is 0 Å². The van der Waals surface area contributed by atoms with Crippen molar-refractivity contribution in [3.63, 3.8) is 0 Å². The first-order valence-electron chi connectivity index (χ1n) is 8.28. The third-order valence-electron chi connectivity index (χ3n) is 3.98. The highest BCUT2D eigenvalue weighted by Crippen LogP contribution is 2.21. The molecule has 1 unspecified atom stereocenters. The van der Waals surface area contributed by atoms with E-state index >= 15 is 0 Å². The lowest BCUT2D eigenvalue weighted by Crippen LogP contribution is -1.99. The molecule has 108 valence electrons. The van der Waals surface area contributed by atoms with Gasteiger partial charge in [-0.15, -0.1) is 0 Å². The Labute approximate surface area is 115 Å². The topological polar surface area (TPSA) is 17.1 Å². The van der Waals surface area contributed by atoms with Crippen LogP contribution in [-0.4, -0.2) is 6.29 Å². The molecule has 0 amide bonds. The number of carbonyl (C=O) groups excluding carboxylic acids is 1. The van der Waals surface area contributed by atoms with E-state index in [1.165, 1.54) is 70.6 Å². The maximum absolute atomic E-state index is 10.2. The molecule has 0 saturated carbocycles. The maximum Gasteiger partial charge on any atom is 0.119 e. The first-order valence-corrected chi connectivity index (χ1v) is 8.28. The summed E-state index contributed by atoms with van der Waals surface area (Å²) >= 11 is 0. The second-order valence-corrected chi connectivity index (χ2v) is 5.64. The molecule has 0 aliphatic carbocycles. The summed E-state index contributed by atoms with van der Waals surface area (Å²) in [6.45, 7) is 4.60. The molecule has 0 fully saturated rings. The molecular weight excluding hydrogens is 220 g/mol. The summed E-state index contributed by atoms with van der Waals surface area (Å²) in [5, 5.41) is 0. The van der Waals surface area contributed by atoms with E-state index in [2.05, 4.69) is 13.8 Å². The Hall–Kier alpha value is -0.330. The average Bonchev–Trinajstić information content (AvgIpc) is 2.40. The van der Waals surface area contributed by atoms with E-state index in [0.717, 1.165) is 25.0 Å². The highest BCUT2D eigenvalue weighted by Gasteiger charge is 2.05. The molecule has 1 atom stereocenters. The van der Waals surface area contributed by atoms with Gasteiger partial charge in [-0.3, -0.25) is 0 Å². The summed E-state index contributed by atoms with van der Waals surface area (Å²) in [7, 11) is 0. The summed E-state index contributed by atoms with van der Waals surface area (Å²) < 4.78 is 0. The summed E-state index contributed by atoms with van der Waals surface area (Å²) in [6, 6.07) is 0. The molecule has 1 nitrogen and oxygen atoms in total. The lowest BCUT2D eigenvalue weighted by Gasteiger charge is -2.14. The quantitative estimate of drug-likeness (QED) is 0.278. The van der Waals surface area contributed by atoms with E-state index in [1.807, 2.05) is 0 Å². The van der Waals surface area contributed by atoms with Crippen LogP contribution in [-0.2, 0) is 4.79 Å². The minimum absolute atomic E-state index is 0.758. The van der Waals surface area contributed by atoms with E-state index in [1.54, 1.807) is 0 Å². The van der Waals surface area contributed by atoms with Gasteiger partial charge in [-0.2, -0.15) is 0 Å². The van der Waals surface area contributed by atoms with Gasteiger partial charge in [0, 0.05) is 6.42 Å². The molecule has 0 saturated heterocycles. The van der Waals surface area contributed by atoms with E-state index in [4.69, 9.17) is 0 Å². The van der Waals surface area contributed by atoms with Crippen LogP contribution in [0.1, 0.15) is 97.3 Å². The highest BCUT2D eigenvalue weighted by molar-refractivity contribution is 5.48. The maximum atomic E-state index is 10.2. The molecule has 0 aliphatic heterocycles. The monoisotopic (exact) mass is 254 g/mol. The molecule has 0 spiro atoms. The minimum atomic E-state index is 0.758. The van der Waals surface area contributed by atoms with Gasteiger partial charge < -0.3 is 4.79 Å². The fourth-order valence-corrected chi connectivity index (χ4v) is 2.60. The normalized spacial score (nSPS) is 12.6. The van der Waals surface area contributed by atoms with Gasteiger partial charge in [-0.1, -0.05) is 84.5 Å². The van der Waals surface area contributed by atoms with Crippen LogP contribution in [0, 0.1) is 5.92 Å². The molecule has 18 heavy (non-hydrogen) atoms. The molecule has 0 aromatic carbocycles. The van der Waals surface area contributed by atoms with Crippen LogP contribution in [0.15, 0.2) is 0 Å².